The van der Waals surface area contributed by atoms with Crippen LogP contribution in [0.2, 0.25) is 0 Å². The van der Waals surface area contributed by atoms with Crippen molar-refractivity contribution in [3.63, 3.8) is 0 Å². The first-order chi connectivity index (χ1) is 8.84. The van der Waals surface area contributed by atoms with Crippen LogP contribution >= 0.6 is 15.9 Å². The molecular weight excluding hydrogens is 304 g/mol. The highest BCUT2D eigenvalue weighted by Gasteiger charge is 2.17. The maximum Gasteiger partial charge on any atom is 0.234 e. The van der Waals surface area contributed by atoms with Gasteiger partial charge in [0.15, 0.2) is 0 Å². The van der Waals surface area contributed by atoms with Crippen LogP contribution in [0.15, 0.2) is 28.7 Å². The lowest BCUT2D eigenvalue weighted by Crippen LogP contribution is -2.46. The summed E-state index contributed by atoms with van der Waals surface area (Å²) in [4.78, 5) is 11.8. The van der Waals surface area contributed by atoms with Gasteiger partial charge in [0.05, 0.1) is 6.54 Å². The van der Waals surface area contributed by atoms with E-state index in [-0.39, 0.29) is 17.5 Å². The van der Waals surface area contributed by atoms with Gasteiger partial charge in [-0.25, -0.2) is 0 Å². The van der Waals surface area contributed by atoms with E-state index in [1.54, 1.807) is 0 Å². The predicted molar refractivity (Wildman–Crippen MR) is 83.1 cm³/mol. The molecule has 1 atom stereocenters. The summed E-state index contributed by atoms with van der Waals surface area (Å²) < 4.78 is 1.05. The molecule has 0 saturated heterocycles. The molecule has 0 bridgehead atoms. The van der Waals surface area contributed by atoms with Crippen molar-refractivity contribution in [1.29, 1.82) is 0 Å². The highest BCUT2D eigenvalue weighted by Crippen LogP contribution is 2.17. The lowest BCUT2D eigenvalue weighted by molar-refractivity contribution is -0.122. The summed E-state index contributed by atoms with van der Waals surface area (Å²) in [5.41, 5.74) is 1.02. The van der Waals surface area contributed by atoms with E-state index in [0.29, 0.717) is 6.54 Å². The Balaban J connectivity index is 2.46. The summed E-state index contributed by atoms with van der Waals surface area (Å²) in [5, 5.41) is 6.25. The Bertz CT molecular complexity index is 432. The summed E-state index contributed by atoms with van der Waals surface area (Å²) in [6.07, 6.45) is 0.917. The highest BCUT2D eigenvalue weighted by molar-refractivity contribution is 9.10. The third-order valence-corrected chi connectivity index (χ3v) is 3.77. The summed E-state index contributed by atoms with van der Waals surface area (Å²) in [6, 6.07) is 8.25. The Morgan fingerprint density at radius 3 is 2.68 bits per heavy atom. The van der Waals surface area contributed by atoms with Crippen LogP contribution in [0.4, 0.5) is 0 Å². The van der Waals surface area contributed by atoms with Crippen LogP contribution in [0.25, 0.3) is 0 Å². The normalized spacial score (nSPS) is 13.1. The zero-order valence-corrected chi connectivity index (χ0v) is 13.7. The van der Waals surface area contributed by atoms with E-state index in [1.165, 1.54) is 0 Å². The average molecular weight is 327 g/mol. The smallest absolute Gasteiger partial charge is 0.234 e. The molecule has 0 aromatic heterocycles. The minimum absolute atomic E-state index is 0.0358. The van der Waals surface area contributed by atoms with Crippen molar-refractivity contribution in [2.45, 2.75) is 45.7 Å². The van der Waals surface area contributed by atoms with Crippen molar-refractivity contribution < 1.29 is 4.79 Å². The number of benzene rings is 1. The minimum atomic E-state index is -0.141. The topological polar surface area (TPSA) is 41.1 Å². The molecule has 0 aliphatic carbocycles. The van der Waals surface area contributed by atoms with Gasteiger partial charge in [-0.15, -0.1) is 0 Å². The van der Waals surface area contributed by atoms with E-state index in [1.807, 2.05) is 26.0 Å². The lowest BCUT2D eigenvalue weighted by atomic mass is 10.0. The first-order valence-electron chi connectivity index (χ1n) is 6.64. The zero-order valence-electron chi connectivity index (χ0n) is 12.1. The second-order valence-corrected chi connectivity index (χ2v) is 6.36. The summed E-state index contributed by atoms with van der Waals surface area (Å²) in [6.45, 7) is 8.51. The monoisotopic (exact) mass is 326 g/mol. The van der Waals surface area contributed by atoms with Crippen molar-refractivity contribution in [2.75, 3.05) is 6.54 Å². The SMILES string of the molecule is CCC(C)(C)NC(=O)CN[C@H](C)c1cccc(Br)c1. The van der Waals surface area contributed by atoms with Crippen LogP contribution in [0, 0.1) is 0 Å². The van der Waals surface area contributed by atoms with Gasteiger partial charge in [-0.2, -0.15) is 0 Å². The molecular formula is C15H23BrN2O. The Morgan fingerprint density at radius 2 is 2.11 bits per heavy atom. The van der Waals surface area contributed by atoms with Crippen LogP contribution in [0.3, 0.4) is 0 Å². The molecule has 0 spiro atoms. The minimum Gasteiger partial charge on any atom is -0.350 e. The number of carbonyl (C=O) groups is 1. The van der Waals surface area contributed by atoms with Gasteiger partial charge in [0.2, 0.25) is 5.91 Å². The second-order valence-electron chi connectivity index (χ2n) is 5.44. The molecule has 1 aromatic carbocycles. The van der Waals surface area contributed by atoms with Crippen molar-refractivity contribution in [3.8, 4) is 0 Å². The molecule has 1 rings (SSSR count). The number of halogens is 1. The number of rotatable bonds is 6. The molecule has 1 amide bonds. The molecule has 0 fully saturated rings. The van der Waals surface area contributed by atoms with Gasteiger partial charge in [0, 0.05) is 16.1 Å². The van der Waals surface area contributed by atoms with Crippen LogP contribution in [-0.4, -0.2) is 18.0 Å². The fourth-order valence-electron chi connectivity index (χ4n) is 1.65. The van der Waals surface area contributed by atoms with Gasteiger partial charge in [-0.1, -0.05) is 35.0 Å². The molecule has 0 aliphatic heterocycles. The number of amides is 1. The van der Waals surface area contributed by atoms with Crippen molar-refractivity contribution in [2.24, 2.45) is 0 Å². The third kappa shape index (κ3) is 5.74. The van der Waals surface area contributed by atoms with E-state index in [0.717, 1.165) is 16.5 Å². The molecule has 3 nitrogen and oxygen atoms in total. The van der Waals surface area contributed by atoms with Gasteiger partial charge in [0.25, 0.3) is 0 Å². The molecule has 4 heteroatoms. The molecule has 0 saturated carbocycles. The summed E-state index contributed by atoms with van der Waals surface area (Å²) in [5.74, 6) is 0.0358. The first-order valence-corrected chi connectivity index (χ1v) is 7.43. The van der Waals surface area contributed by atoms with Gasteiger partial charge < -0.3 is 10.6 Å². The first kappa shape index (κ1) is 16.2. The maximum atomic E-state index is 11.8. The number of carbonyl (C=O) groups excluding carboxylic acids is 1. The molecule has 106 valence electrons. The highest BCUT2D eigenvalue weighted by atomic mass is 79.9. The standard InChI is InChI=1S/C15H23BrN2O/c1-5-15(3,4)18-14(19)10-17-11(2)12-7-6-8-13(16)9-12/h6-9,11,17H,5,10H2,1-4H3,(H,18,19)/t11-/m1/s1. The molecule has 0 unspecified atom stereocenters. The van der Waals surface area contributed by atoms with Crippen molar-refractivity contribution in [3.05, 3.63) is 34.3 Å². The van der Waals surface area contributed by atoms with E-state index >= 15 is 0 Å². The maximum absolute atomic E-state index is 11.8. The van der Waals surface area contributed by atoms with Crippen LogP contribution in [0.1, 0.15) is 45.7 Å². The number of hydrogen-bond donors (Lipinski definition) is 2. The van der Waals surface area contributed by atoms with Crippen LogP contribution < -0.4 is 10.6 Å². The largest absolute Gasteiger partial charge is 0.350 e. The average Bonchev–Trinajstić information content (AvgIpc) is 2.35. The Labute approximate surface area is 124 Å². The lowest BCUT2D eigenvalue weighted by Gasteiger charge is -2.25. The van der Waals surface area contributed by atoms with E-state index < -0.39 is 0 Å². The Hall–Kier alpha value is -0.870. The second kappa shape index (κ2) is 7.06. The fraction of sp³-hybridized carbons (Fsp3) is 0.533. The zero-order chi connectivity index (χ0) is 14.5. The van der Waals surface area contributed by atoms with E-state index in [4.69, 9.17) is 0 Å². The molecule has 0 aliphatic rings. The van der Waals surface area contributed by atoms with E-state index in [9.17, 15) is 4.79 Å². The molecule has 0 heterocycles. The van der Waals surface area contributed by atoms with E-state index in [2.05, 4.69) is 52.5 Å². The Morgan fingerprint density at radius 1 is 1.42 bits per heavy atom. The van der Waals surface area contributed by atoms with Gasteiger partial charge >= 0.3 is 0 Å². The molecule has 2 N–H and O–H groups in total. The third-order valence-electron chi connectivity index (χ3n) is 3.28. The van der Waals surface area contributed by atoms with Crippen molar-refractivity contribution >= 4 is 21.8 Å². The number of nitrogens with one attached hydrogen (secondary N) is 2. The van der Waals surface area contributed by atoms with Crippen molar-refractivity contribution in [1.82, 2.24) is 10.6 Å². The van der Waals surface area contributed by atoms with Crippen LogP contribution in [-0.2, 0) is 4.79 Å². The fourth-order valence-corrected chi connectivity index (χ4v) is 2.07. The number of hydrogen-bond acceptors (Lipinski definition) is 2. The Kier molecular flexibility index (Phi) is 6.01. The quantitative estimate of drug-likeness (QED) is 0.841. The van der Waals surface area contributed by atoms with Gasteiger partial charge in [-0.05, 0) is 44.9 Å². The summed E-state index contributed by atoms with van der Waals surface area (Å²) >= 11 is 3.45. The predicted octanol–water partition coefficient (Wildman–Crippen LogP) is 3.40. The molecule has 1 aromatic rings. The van der Waals surface area contributed by atoms with Gasteiger partial charge in [-0.3, -0.25) is 4.79 Å². The summed E-state index contributed by atoms with van der Waals surface area (Å²) in [7, 11) is 0. The molecule has 19 heavy (non-hydrogen) atoms. The van der Waals surface area contributed by atoms with Crippen LogP contribution in [0.5, 0.6) is 0 Å². The molecule has 0 radical (unpaired) electrons. The van der Waals surface area contributed by atoms with Gasteiger partial charge in [0.1, 0.15) is 0 Å².